The first-order valence-corrected chi connectivity index (χ1v) is 7.05. The van der Waals surface area contributed by atoms with Crippen molar-refractivity contribution in [2.45, 2.75) is 32.2 Å². The van der Waals surface area contributed by atoms with Crippen molar-refractivity contribution in [3.05, 3.63) is 35.9 Å². The number of piperidine rings is 1. The number of anilines is 1. The number of benzene rings is 1. The van der Waals surface area contributed by atoms with E-state index < -0.39 is 0 Å². The minimum absolute atomic E-state index is 0.562. The van der Waals surface area contributed by atoms with Gasteiger partial charge in [0.25, 0.3) is 0 Å². The van der Waals surface area contributed by atoms with Crippen LogP contribution in [-0.4, -0.2) is 27.4 Å². The highest BCUT2D eigenvalue weighted by atomic mass is 35.5. The van der Waals surface area contributed by atoms with E-state index in [0.717, 1.165) is 22.9 Å². The molecule has 0 bridgehead atoms. The first-order chi connectivity index (χ1) is 9.25. The van der Waals surface area contributed by atoms with Gasteiger partial charge >= 0.3 is 0 Å². The van der Waals surface area contributed by atoms with Crippen molar-refractivity contribution in [2.24, 2.45) is 0 Å². The van der Waals surface area contributed by atoms with Gasteiger partial charge in [0.05, 0.1) is 10.7 Å². The van der Waals surface area contributed by atoms with Gasteiger partial charge in [0.2, 0.25) is 0 Å². The Bertz CT molecular complexity index is 553. The smallest absolute Gasteiger partial charge is 0.123 e. The van der Waals surface area contributed by atoms with Gasteiger partial charge in [-0.2, -0.15) is 0 Å². The van der Waals surface area contributed by atoms with Crippen LogP contribution in [-0.2, 0) is 0 Å². The lowest BCUT2D eigenvalue weighted by molar-refractivity contribution is 0.485. The lowest BCUT2D eigenvalue weighted by atomic mass is 10.0. The summed E-state index contributed by atoms with van der Waals surface area (Å²) in [7, 11) is 0. The van der Waals surface area contributed by atoms with Gasteiger partial charge in [-0.05, 0) is 44.4 Å². The molecule has 0 aliphatic carbocycles. The van der Waals surface area contributed by atoms with Gasteiger partial charge in [-0.1, -0.05) is 11.6 Å². The summed E-state index contributed by atoms with van der Waals surface area (Å²) in [6.07, 6.45) is 7.15. The lowest BCUT2D eigenvalue weighted by Crippen LogP contribution is -2.37. The van der Waals surface area contributed by atoms with Crippen LogP contribution in [0.25, 0.3) is 5.69 Å². The molecule has 2 heterocycles. The third kappa shape index (κ3) is 2.45. The second kappa shape index (κ2) is 5.21. The van der Waals surface area contributed by atoms with Crippen LogP contribution in [0.5, 0.6) is 0 Å². The van der Waals surface area contributed by atoms with Gasteiger partial charge in [-0.15, -0.1) is 10.2 Å². The molecule has 1 aromatic carbocycles. The molecule has 1 unspecified atom stereocenters. The van der Waals surface area contributed by atoms with E-state index >= 15 is 0 Å². The number of halogens is 1. The molecule has 1 atom stereocenters. The first-order valence-electron chi connectivity index (χ1n) is 6.67. The molecule has 1 aliphatic rings. The van der Waals surface area contributed by atoms with Crippen molar-refractivity contribution >= 4 is 17.3 Å². The third-order valence-corrected chi connectivity index (χ3v) is 4.06. The van der Waals surface area contributed by atoms with E-state index in [0.29, 0.717) is 6.04 Å². The number of hydrogen-bond acceptors (Lipinski definition) is 3. The van der Waals surface area contributed by atoms with E-state index in [4.69, 9.17) is 11.6 Å². The standard InChI is InChI=1S/C14H17ClN4/c1-11-4-2-3-7-19(11)14-6-5-12(8-13(14)15)18-9-16-17-10-18/h5-6,8-11H,2-4,7H2,1H3. The van der Waals surface area contributed by atoms with E-state index in [1.807, 2.05) is 10.6 Å². The highest BCUT2D eigenvalue weighted by molar-refractivity contribution is 6.33. The van der Waals surface area contributed by atoms with E-state index in [1.54, 1.807) is 12.7 Å². The van der Waals surface area contributed by atoms with Crippen LogP contribution in [0.1, 0.15) is 26.2 Å². The van der Waals surface area contributed by atoms with Crippen molar-refractivity contribution in [3.8, 4) is 5.69 Å². The highest BCUT2D eigenvalue weighted by Gasteiger charge is 2.20. The van der Waals surface area contributed by atoms with Crippen molar-refractivity contribution in [2.75, 3.05) is 11.4 Å². The Morgan fingerprint density at radius 1 is 1.21 bits per heavy atom. The number of aromatic nitrogens is 3. The normalized spacial score (nSPS) is 19.7. The molecule has 4 nitrogen and oxygen atoms in total. The summed E-state index contributed by atoms with van der Waals surface area (Å²) in [4.78, 5) is 2.40. The van der Waals surface area contributed by atoms with Gasteiger partial charge < -0.3 is 4.90 Å². The summed E-state index contributed by atoms with van der Waals surface area (Å²) in [6.45, 7) is 3.36. The van der Waals surface area contributed by atoms with Gasteiger partial charge in [0.1, 0.15) is 12.7 Å². The zero-order valence-corrected chi connectivity index (χ0v) is 11.7. The zero-order chi connectivity index (χ0) is 13.2. The fraction of sp³-hybridized carbons (Fsp3) is 0.429. The third-order valence-electron chi connectivity index (χ3n) is 3.76. The SMILES string of the molecule is CC1CCCCN1c1ccc(-n2cnnc2)cc1Cl. The van der Waals surface area contributed by atoms with Crippen LogP contribution in [0.2, 0.25) is 5.02 Å². The second-order valence-corrected chi connectivity index (χ2v) is 5.45. The highest BCUT2D eigenvalue weighted by Crippen LogP contribution is 2.32. The fourth-order valence-corrected chi connectivity index (χ4v) is 2.96. The van der Waals surface area contributed by atoms with Crippen LogP contribution in [0, 0.1) is 0 Å². The molecule has 0 radical (unpaired) electrons. The minimum Gasteiger partial charge on any atom is -0.368 e. The molecule has 3 rings (SSSR count). The number of hydrogen-bond donors (Lipinski definition) is 0. The molecule has 100 valence electrons. The quantitative estimate of drug-likeness (QED) is 0.844. The Hall–Kier alpha value is -1.55. The maximum atomic E-state index is 6.45. The van der Waals surface area contributed by atoms with Gasteiger partial charge in [-0.25, -0.2) is 0 Å². The Labute approximate surface area is 118 Å². The van der Waals surface area contributed by atoms with Gasteiger partial charge in [0.15, 0.2) is 0 Å². The molecule has 0 spiro atoms. The largest absolute Gasteiger partial charge is 0.368 e. The predicted octanol–water partition coefficient (Wildman–Crippen LogP) is 3.30. The number of nitrogens with zero attached hydrogens (tertiary/aromatic N) is 4. The summed E-state index contributed by atoms with van der Waals surface area (Å²) in [5.41, 5.74) is 2.12. The Morgan fingerprint density at radius 3 is 2.68 bits per heavy atom. The molecule has 0 amide bonds. The summed E-state index contributed by atoms with van der Waals surface area (Å²) in [5.74, 6) is 0. The van der Waals surface area contributed by atoms with Crippen LogP contribution in [0.3, 0.4) is 0 Å². The van der Waals surface area contributed by atoms with E-state index in [1.165, 1.54) is 19.3 Å². The van der Waals surface area contributed by atoms with Crippen molar-refractivity contribution in [3.63, 3.8) is 0 Å². The summed E-state index contributed by atoms with van der Waals surface area (Å²) in [6, 6.07) is 6.69. The van der Waals surface area contributed by atoms with Crippen molar-refractivity contribution < 1.29 is 0 Å². The topological polar surface area (TPSA) is 34.0 Å². The second-order valence-electron chi connectivity index (χ2n) is 5.04. The lowest BCUT2D eigenvalue weighted by Gasteiger charge is -2.36. The molecular weight excluding hydrogens is 260 g/mol. The van der Waals surface area contributed by atoms with E-state index in [9.17, 15) is 0 Å². The Morgan fingerprint density at radius 2 is 2.00 bits per heavy atom. The van der Waals surface area contributed by atoms with E-state index in [-0.39, 0.29) is 0 Å². The zero-order valence-electron chi connectivity index (χ0n) is 11.0. The molecule has 2 aromatic rings. The van der Waals surface area contributed by atoms with Gasteiger partial charge in [0, 0.05) is 18.3 Å². The number of rotatable bonds is 2. The average molecular weight is 277 g/mol. The maximum Gasteiger partial charge on any atom is 0.123 e. The van der Waals surface area contributed by atoms with Crippen LogP contribution in [0.15, 0.2) is 30.9 Å². The Balaban J connectivity index is 1.91. The molecule has 0 saturated carbocycles. The monoisotopic (exact) mass is 276 g/mol. The summed E-state index contributed by atoms with van der Waals surface area (Å²) < 4.78 is 1.86. The molecule has 0 N–H and O–H groups in total. The van der Waals surface area contributed by atoms with Gasteiger partial charge in [-0.3, -0.25) is 4.57 Å². The first kappa shape index (κ1) is 12.5. The predicted molar refractivity (Wildman–Crippen MR) is 77.0 cm³/mol. The Kier molecular flexibility index (Phi) is 3.42. The molecule has 5 heteroatoms. The fourth-order valence-electron chi connectivity index (χ4n) is 2.68. The summed E-state index contributed by atoms with van der Waals surface area (Å²) in [5, 5.41) is 8.42. The van der Waals surface area contributed by atoms with Crippen molar-refractivity contribution in [1.29, 1.82) is 0 Å². The van der Waals surface area contributed by atoms with Crippen LogP contribution >= 0.6 is 11.6 Å². The van der Waals surface area contributed by atoms with E-state index in [2.05, 4.69) is 34.2 Å². The minimum atomic E-state index is 0.562. The molecule has 1 aliphatic heterocycles. The van der Waals surface area contributed by atoms with Crippen LogP contribution in [0.4, 0.5) is 5.69 Å². The van der Waals surface area contributed by atoms with Crippen molar-refractivity contribution in [1.82, 2.24) is 14.8 Å². The molecule has 1 saturated heterocycles. The summed E-state index contributed by atoms with van der Waals surface area (Å²) >= 11 is 6.45. The molecule has 1 fully saturated rings. The van der Waals surface area contributed by atoms with Crippen LogP contribution < -0.4 is 4.90 Å². The molecular formula is C14H17ClN4. The molecule has 19 heavy (non-hydrogen) atoms. The maximum absolute atomic E-state index is 6.45. The molecule has 1 aromatic heterocycles. The average Bonchev–Trinajstić information content (AvgIpc) is 2.94.